The molecule has 0 unspecified atom stereocenters. The van der Waals surface area contributed by atoms with Gasteiger partial charge in [-0.05, 0) is 24.6 Å². The first-order chi connectivity index (χ1) is 9.24. The lowest BCUT2D eigenvalue weighted by molar-refractivity contribution is 0.722. The molecule has 0 aliphatic heterocycles. The predicted molar refractivity (Wildman–Crippen MR) is 72.7 cm³/mol. The Morgan fingerprint density at radius 2 is 2.37 bits per heavy atom. The van der Waals surface area contributed by atoms with Crippen LogP contribution in [0.5, 0.6) is 0 Å². The molecule has 1 saturated carbocycles. The standard InChI is InChI=1S/C11H10N6OS/c1-19-11-13-5-7-8(15-16-12)4-9(18)17(6-2-3-6)10(7)14-11/h4-6H,2-3H2,1H3. The summed E-state index contributed by atoms with van der Waals surface area (Å²) < 4.78 is 1.67. The maximum atomic E-state index is 12.1. The van der Waals surface area contributed by atoms with Crippen LogP contribution in [0.25, 0.3) is 21.5 Å². The minimum Gasteiger partial charge on any atom is -0.289 e. The monoisotopic (exact) mass is 274 g/mol. The molecule has 0 saturated heterocycles. The van der Waals surface area contributed by atoms with E-state index in [1.54, 1.807) is 10.8 Å². The summed E-state index contributed by atoms with van der Waals surface area (Å²) in [6, 6.07) is 1.56. The van der Waals surface area contributed by atoms with Gasteiger partial charge in [-0.2, -0.15) is 0 Å². The van der Waals surface area contributed by atoms with Gasteiger partial charge >= 0.3 is 0 Å². The summed E-state index contributed by atoms with van der Waals surface area (Å²) in [7, 11) is 0. The highest BCUT2D eigenvalue weighted by Crippen LogP contribution is 2.37. The molecule has 0 spiro atoms. The second-order valence-corrected chi connectivity index (χ2v) is 5.03. The Balaban J connectivity index is 2.40. The summed E-state index contributed by atoms with van der Waals surface area (Å²) in [5.74, 6) is 0. The molecule has 1 aliphatic rings. The van der Waals surface area contributed by atoms with Crippen molar-refractivity contribution in [2.45, 2.75) is 24.0 Å². The van der Waals surface area contributed by atoms with Crippen molar-refractivity contribution in [3.63, 3.8) is 0 Å². The number of aromatic nitrogens is 3. The van der Waals surface area contributed by atoms with Gasteiger partial charge in [-0.25, -0.2) is 9.97 Å². The van der Waals surface area contributed by atoms with Gasteiger partial charge in [0, 0.05) is 28.6 Å². The minimum absolute atomic E-state index is 0.178. The third-order valence-corrected chi connectivity index (χ3v) is 3.56. The van der Waals surface area contributed by atoms with Crippen LogP contribution in [0.1, 0.15) is 18.9 Å². The van der Waals surface area contributed by atoms with Gasteiger partial charge < -0.3 is 0 Å². The second kappa shape index (κ2) is 4.56. The Bertz CT molecular complexity index is 760. The van der Waals surface area contributed by atoms with Crippen LogP contribution < -0.4 is 5.56 Å². The number of nitrogens with zero attached hydrogens (tertiary/aromatic N) is 6. The SMILES string of the molecule is CSc1ncc2c(N=[N+]=[N-])cc(=O)n(C3CC3)c2n1. The lowest BCUT2D eigenvalue weighted by Crippen LogP contribution is -2.19. The van der Waals surface area contributed by atoms with E-state index in [4.69, 9.17) is 5.53 Å². The van der Waals surface area contributed by atoms with Gasteiger partial charge in [0.25, 0.3) is 5.56 Å². The summed E-state index contributed by atoms with van der Waals surface area (Å²) in [4.78, 5) is 23.4. The maximum absolute atomic E-state index is 12.1. The lowest BCUT2D eigenvalue weighted by Gasteiger charge is -2.10. The molecular formula is C11H10N6OS. The Hall–Kier alpha value is -2.05. The van der Waals surface area contributed by atoms with Crippen molar-refractivity contribution in [3.8, 4) is 0 Å². The second-order valence-electron chi connectivity index (χ2n) is 4.25. The van der Waals surface area contributed by atoms with Crippen molar-refractivity contribution >= 4 is 28.5 Å². The molecule has 2 aromatic heterocycles. The number of pyridine rings is 1. The molecule has 3 rings (SSSR count). The molecule has 1 aliphatic carbocycles. The molecule has 0 bridgehead atoms. The highest BCUT2D eigenvalue weighted by Gasteiger charge is 2.27. The van der Waals surface area contributed by atoms with E-state index in [9.17, 15) is 4.79 Å². The molecule has 0 N–H and O–H groups in total. The molecule has 0 radical (unpaired) electrons. The zero-order valence-corrected chi connectivity index (χ0v) is 11.0. The summed E-state index contributed by atoms with van der Waals surface area (Å²) in [6.45, 7) is 0. The quantitative estimate of drug-likeness (QED) is 0.282. The maximum Gasteiger partial charge on any atom is 0.252 e. The van der Waals surface area contributed by atoms with E-state index >= 15 is 0 Å². The lowest BCUT2D eigenvalue weighted by atomic mass is 10.3. The molecule has 96 valence electrons. The molecule has 7 nitrogen and oxygen atoms in total. The Morgan fingerprint density at radius 1 is 1.58 bits per heavy atom. The number of azide groups is 1. The number of hydrogen-bond donors (Lipinski definition) is 0. The fraction of sp³-hybridized carbons (Fsp3) is 0.364. The minimum atomic E-state index is -0.178. The molecule has 8 heteroatoms. The Labute approximate surface area is 112 Å². The molecule has 2 aromatic rings. The van der Waals surface area contributed by atoms with Crippen molar-refractivity contribution in [1.82, 2.24) is 14.5 Å². The van der Waals surface area contributed by atoms with E-state index in [-0.39, 0.29) is 17.3 Å². The van der Waals surface area contributed by atoms with Gasteiger partial charge in [0.2, 0.25) is 0 Å². The van der Waals surface area contributed by atoms with Gasteiger partial charge in [0.05, 0.1) is 5.69 Å². The first kappa shape index (κ1) is 12.0. The first-order valence-corrected chi connectivity index (χ1v) is 6.98. The average molecular weight is 274 g/mol. The molecule has 1 fully saturated rings. The van der Waals surface area contributed by atoms with Gasteiger partial charge in [-0.15, -0.1) is 0 Å². The fourth-order valence-corrected chi connectivity index (χ4v) is 2.34. The van der Waals surface area contributed by atoms with E-state index in [1.165, 1.54) is 17.8 Å². The van der Waals surface area contributed by atoms with Gasteiger partial charge in [0.15, 0.2) is 5.16 Å². The molecule has 0 aromatic carbocycles. The first-order valence-electron chi connectivity index (χ1n) is 5.76. The Kier molecular flexibility index (Phi) is 2.88. The number of fused-ring (bicyclic) bond motifs is 1. The largest absolute Gasteiger partial charge is 0.289 e. The van der Waals surface area contributed by atoms with Crippen molar-refractivity contribution < 1.29 is 0 Å². The summed E-state index contributed by atoms with van der Waals surface area (Å²) in [5.41, 5.74) is 9.23. The number of rotatable bonds is 3. The van der Waals surface area contributed by atoms with Crippen LogP contribution in [0, 0.1) is 0 Å². The summed E-state index contributed by atoms with van der Waals surface area (Å²) in [6.07, 6.45) is 5.44. The topological polar surface area (TPSA) is 96.5 Å². The Morgan fingerprint density at radius 3 is 3.00 bits per heavy atom. The van der Waals surface area contributed by atoms with Crippen molar-refractivity contribution in [3.05, 3.63) is 33.1 Å². The van der Waals surface area contributed by atoms with Crippen LogP contribution in [0.3, 0.4) is 0 Å². The zero-order valence-electron chi connectivity index (χ0n) is 10.1. The molecule has 2 heterocycles. The van der Waals surface area contributed by atoms with Gasteiger partial charge in [0.1, 0.15) is 5.65 Å². The molecule has 19 heavy (non-hydrogen) atoms. The van der Waals surface area contributed by atoms with E-state index in [1.807, 2.05) is 6.26 Å². The molecular weight excluding hydrogens is 264 g/mol. The normalized spacial score (nSPS) is 14.4. The highest BCUT2D eigenvalue weighted by molar-refractivity contribution is 7.98. The van der Waals surface area contributed by atoms with E-state index in [0.29, 0.717) is 16.2 Å². The van der Waals surface area contributed by atoms with Crippen molar-refractivity contribution in [2.75, 3.05) is 6.26 Å². The van der Waals surface area contributed by atoms with E-state index in [0.717, 1.165) is 12.8 Å². The fourth-order valence-electron chi connectivity index (χ4n) is 2.01. The van der Waals surface area contributed by atoms with Crippen LogP contribution in [0.2, 0.25) is 0 Å². The van der Waals surface area contributed by atoms with Crippen molar-refractivity contribution in [1.29, 1.82) is 0 Å². The third kappa shape index (κ3) is 2.05. The van der Waals surface area contributed by atoms with Crippen LogP contribution in [-0.4, -0.2) is 20.8 Å². The average Bonchev–Trinajstić information content (AvgIpc) is 3.23. The number of thioether (sulfide) groups is 1. The zero-order chi connectivity index (χ0) is 13.4. The van der Waals surface area contributed by atoms with Gasteiger partial charge in [-0.3, -0.25) is 9.36 Å². The van der Waals surface area contributed by atoms with E-state index in [2.05, 4.69) is 20.0 Å². The predicted octanol–water partition coefficient (Wildman–Crippen LogP) is 2.79. The van der Waals surface area contributed by atoms with Crippen LogP contribution in [0.15, 0.2) is 27.3 Å². The van der Waals surface area contributed by atoms with Crippen molar-refractivity contribution in [2.24, 2.45) is 5.11 Å². The molecule has 0 amide bonds. The summed E-state index contributed by atoms with van der Waals surface area (Å²) in [5, 5.41) is 4.76. The third-order valence-electron chi connectivity index (χ3n) is 3.00. The van der Waals surface area contributed by atoms with E-state index < -0.39 is 0 Å². The van der Waals surface area contributed by atoms with Crippen LogP contribution in [-0.2, 0) is 0 Å². The van der Waals surface area contributed by atoms with Crippen LogP contribution >= 0.6 is 11.8 Å². The van der Waals surface area contributed by atoms with Gasteiger partial charge in [-0.1, -0.05) is 16.9 Å². The summed E-state index contributed by atoms with van der Waals surface area (Å²) >= 11 is 1.41. The van der Waals surface area contributed by atoms with Crippen LogP contribution in [0.4, 0.5) is 5.69 Å². The molecule has 0 atom stereocenters. The smallest absolute Gasteiger partial charge is 0.252 e. The number of hydrogen-bond acceptors (Lipinski definition) is 5. The highest BCUT2D eigenvalue weighted by atomic mass is 32.2.